The molecule has 0 aliphatic heterocycles. The number of ether oxygens (including phenoxy) is 1. The van der Waals surface area contributed by atoms with Gasteiger partial charge >= 0.3 is 5.97 Å². The molecule has 20 heavy (non-hydrogen) atoms. The molecule has 2 aliphatic rings. The summed E-state index contributed by atoms with van der Waals surface area (Å²) in [6, 6.07) is 8.78. The van der Waals surface area contributed by atoms with Crippen LogP contribution in [0, 0.1) is 11.8 Å². The maximum Gasteiger partial charge on any atom is 0.338 e. The first kappa shape index (κ1) is 13.0. The van der Waals surface area contributed by atoms with Gasteiger partial charge in [-0.25, -0.2) is 4.79 Å². The third-order valence-electron chi connectivity index (χ3n) is 4.20. The SMILES string of the molecule is O=C(OC1CC2CCC(=O)C(C1)C2=O)c1ccccc1. The van der Waals surface area contributed by atoms with Gasteiger partial charge in [-0.1, -0.05) is 18.2 Å². The molecule has 2 aliphatic carbocycles. The van der Waals surface area contributed by atoms with Gasteiger partial charge in [-0.05, 0) is 25.0 Å². The van der Waals surface area contributed by atoms with Crippen LogP contribution < -0.4 is 0 Å². The minimum absolute atomic E-state index is 0.00621. The molecule has 2 saturated carbocycles. The Balaban J connectivity index is 1.69. The van der Waals surface area contributed by atoms with Crippen LogP contribution in [0.5, 0.6) is 0 Å². The minimum atomic E-state index is -0.545. The van der Waals surface area contributed by atoms with Crippen molar-refractivity contribution in [1.82, 2.24) is 0 Å². The Hall–Kier alpha value is -1.97. The second-order valence-corrected chi connectivity index (χ2v) is 5.52. The summed E-state index contributed by atoms with van der Waals surface area (Å²) in [7, 11) is 0. The highest BCUT2D eigenvalue weighted by atomic mass is 16.5. The molecule has 0 N–H and O–H groups in total. The molecule has 0 saturated heterocycles. The fraction of sp³-hybridized carbons (Fsp3) is 0.438. The molecular weight excluding hydrogens is 256 g/mol. The number of carbonyl (C=O) groups is 3. The topological polar surface area (TPSA) is 60.4 Å². The van der Waals surface area contributed by atoms with Crippen LogP contribution in [0.1, 0.15) is 36.0 Å². The molecule has 3 atom stereocenters. The highest BCUT2D eigenvalue weighted by Crippen LogP contribution is 2.36. The van der Waals surface area contributed by atoms with Crippen molar-refractivity contribution in [2.75, 3.05) is 0 Å². The van der Waals surface area contributed by atoms with E-state index in [1.165, 1.54) is 0 Å². The van der Waals surface area contributed by atoms with E-state index in [1.54, 1.807) is 24.3 Å². The highest BCUT2D eigenvalue weighted by Gasteiger charge is 2.44. The van der Waals surface area contributed by atoms with Crippen LogP contribution in [0.2, 0.25) is 0 Å². The molecule has 1 aromatic carbocycles. The van der Waals surface area contributed by atoms with Crippen molar-refractivity contribution in [2.45, 2.75) is 31.8 Å². The summed E-state index contributed by atoms with van der Waals surface area (Å²) in [6.45, 7) is 0. The molecule has 2 fully saturated rings. The third kappa shape index (κ3) is 2.38. The molecule has 2 bridgehead atoms. The average Bonchev–Trinajstić information content (AvgIpc) is 2.46. The molecular formula is C16H16O4. The van der Waals surface area contributed by atoms with E-state index >= 15 is 0 Å². The number of Topliss-reactive ketones (excluding diaryl/α,β-unsaturated/α-hetero) is 2. The van der Waals surface area contributed by atoms with Crippen LogP contribution in [0.4, 0.5) is 0 Å². The van der Waals surface area contributed by atoms with Crippen LogP contribution in [0.3, 0.4) is 0 Å². The Morgan fingerprint density at radius 2 is 1.85 bits per heavy atom. The number of carbonyl (C=O) groups excluding carboxylic acids is 3. The van der Waals surface area contributed by atoms with Gasteiger partial charge in [0.2, 0.25) is 0 Å². The maximum absolute atomic E-state index is 12.0. The van der Waals surface area contributed by atoms with Gasteiger partial charge in [-0.15, -0.1) is 0 Å². The number of hydrogen-bond donors (Lipinski definition) is 0. The van der Waals surface area contributed by atoms with Crippen molar-refractivity contribution in [3.63, 3.8) is 0 Å². The lowest BCUT2D eigenvalue weighted by atomic mass is 9.69. The lowest BCUT2D eigenvalue weighted by Gasteiger charge is -2.36. The van der Waals surface area contributed by atoms with Gasteiger partial charge in [-0.3, -0.25) is 9.59 Å². The number of ketones is 2. The van der Waals surface area contributed by atoms with Crippen molar-refractivity contribution >= 4 is 17.5 Å². The van der Waals surface area contributed by atoms with Crippen LogP contribution in [0.25, 0.3) is 0 Å². The fourth-order valence-electron chi connectivity index (χ4n) is 3.12. The monoisotopic (exact) mass is 272 g/mol. The Bertz CT molecular complexity index is 549. The lowest BCUT2D eigenvalue weighted by Crippen LogP contribution is -2.44. The van der Waals surface area contributed by atoms with E-state index in [2.05, 4.69) is 0 Å². The predicted molar refractivity (Wildman–Crippen MR) is 71.1 cm³/mol. The van der Waals surface area contributed by atoms with E-state index in [1.807, 2.05) is 6.07 Å². The second-order valence-electron chi connectivity index (χ2n) is 5.52. The molecule has 0 heterocycles. The van der Waals surface area contributed by atoms with E-state index < -0.39 is 5.92 Å². The average molecular weight is 272 g/mol. The van der Waals surface area contributed by atoms with E-state index in [9.17, 15) is 14.4 Å². The van der Waals surface area contributed by atoms with Gasteiger partial charge in [0.05, 0.1) is 11.5 Å². The molecule has 4 heteroatoms. The van der Waals surface area contributed by atoms with Crippen molar-refractivity contribution < 1.29 is 19.1 Å². The Labute approximate surface area is 117 Å². The van der Waals surface area contributed by atoms with Crippen LogP contribution in [-0.2, 0) is 14.3 Å². The number of hydrogen-bond acceptors (Lipinski definition) is 4. The van der Waals surface area contributed by atoms with E-state index in [0.717, 1.165) is 0 Å². The van der Waals surface area contributed by atoms with Crippen LogP contribution in [-0.4, -0.2) is 23.6 Å². The molecule has 0 aromatic heterocycles. The number of rotatable bonds is 2. The van der Waals surface area contributed by atoms with Crippen molar-refractivity contribution in [1.29, 1.82) is 0 Å². The summed E-state index contributed by atoms with van der Waals surface area (Å²) in [6.07, 6.45) is 1.68. The zero-order chi connectivity index (χ0) is 14.1. The first-order valence-corrected chi connectivity index (χ1v) is 6.97. The smallest absolute Gasteiger partial charge is 0.338 e. The largest absolute Gasteiger partial charge is 0.459 e. The van der Waals surface area contributed by atoms with E-state index in [4.69, 9.17) is 4.74 Å². The van der Waals surface area contributed by atoms with Crippen LogP contribution in [0.15, 0.2) is 30.3 Å². The number of benzene rings is 1. The quantitative estimate of drug-likeness (QED) is 0.611. The summed E-state index contributed by atoms with van der Waals surface area (Å²) >= 11 is 0. The lowest BCUT2D eigenvalue weighted by molar-refractivity contribution is -0.145. The maximum atomic E-state index is 12.0. The Kier molecular flexibility index (Phi) is 3.38. The zero-order valence-corrected chi connectivity index (χ0v) is 11.1. The van der Waals surface area contributed by atoms with Crippen molar-refractivity contribution in [2.24, 2.45) is 11.8 Å². The van der Waals surface area contributed by atoms with Crippen LogP contribution >= 0.6 is 0 Å². The standard InChI is InChI=1S/C16H16O4/c17-14-7-6-11-8-12(9-13(14)15(11)18)20-16(19)10-4-2-1-3-5-10/h1-5,11-13H,6-9H2. The Morgan fingerprint density at radius 1 is 1.10 bits per heavy atom. The van der Waals surface area contributed by atoms with Gasteiger partial charge < -0.3 is 4.74 Å². The van der Waals surface area contributed by atoms with Crippen molar-refractivity contribution in [3.8, 4) is 0 Å². The fourth-order valence-corrected chi connectivity index (χ4v) is 3.12. The van der Waals surface area contributed by atoms with Crippen molar-refractivity contribution in [3.05, 3.63) is 35.9 Å². The van der Waals surface area contributed by atoms with Gasteiger partial charge in [0, 0.05) is 18.8 Å². The summed E-state index contributed by atoms with van der Waals surface area (Å²) in [5, 5.41) is 0. The first-order chi connectivity index (χ1) is 9.65. The minimum Gasteiger partial charge on any atom is -0.459 e. The van der Waals surface area contributed by atoms with Gasteiger partial charge in [0.1, 0.15) is 17.7 Å². The van der Waals surface area contributed by atoms with Gasteiger partial charge in [-0.2, -0.15) is 0 Å². The predicted octanol–water partition coefficient (Wildman–Crippen LogP) is 2.17. The normalized spacial score (nSPS) is 29.1. The molecule has 3 unspecified atom stereocenters. The molecule has 0 amide bonds. The van der Waals surface area contributed by atoms with E-state index in [-0.39, 0.29) is 29.6 Å². The number of esters is 1. The molecule has 3 rings (SSSR count). The molecule has 1 aromatic rings. The number of fused-ring (bicyclic) bond motifs is 2. The summed E-state index contributed by atoms with van der Waals surface area (Å²) in [5.41, 5.74) is 0.501. The summed E-state index contributed by atoms with van der Waals surface area (Å²) in [4.78, 5) is 35.7. The molecule has 0 radical (unpaired) electrons. The molecule has 104 valence electrons. The van der Waals surface area contributed by atoms with E-state index in [0.29, 0.717) is 31.2 Å². The third-order valence-corrected chi connectivity index (χ3v) is 4.20. The first-order valence-electron chi connectivity index (χ1n) is 6.97. The van der Waals surface area contributed by atoms with Gasteiger partial charge in [0.25, 0.3) is 0 Å². The second kappa shape index (κ2) is 5.19. The molecule has 0 spiro atoms. The summed E-state index contributed by atoms with van der Waals surface area (Å²) in [5.74, 6) is -0.980. The highest BCUT2D eigenvalue weighted by molar-refractivity contribution is 6.06. The molecule has 4 nitrogen and oxygen atoms in total. The van der Waals surface area contributed by atoms with Gasteiger partial charge in [0.15, 0.2) is 0 Å². The summed E-state index contributed by atoms with van der Waals surface area (Å²) < 4.78 is 5.47. The Morgan fingerprint density at radius 3 is 2.60 bits per heavy atom. The zero-order valence-electron chi connectivity index (χ0n) is 11.1.